The van der Waals surface area contributed by atoms with E-state index in [1.54, 1.807) is 0 Å². The molecule has 1 aromatic rings. The predicted octanol–water partition coefficient (Wildman–Crippen LogP) is 4.30. The molecule has 1 aromatic carbocycles. The number of hydrogen-bond acceptors (Lipinski definition) is 0. The molecule has 1 atom stereocenters. The molecule has 0 saturated carbocycles. The van der Waals surface area contributed by atoms with Crippen molar-refractivity contribution in [1.82, 2.24) is 0 Å². The minimum Gasteiger partial charge on any atom is -0.207 e. The van der Waals surface area contributed by atoms with E-state index in [1.165, 1.54) is 6.07 Å². The average molecular weight is 310 g/mol. The normalized spacial score (nSPS) is 12.9. The van der Waals surface area contributed by atoms with Crippen LogP contribution in [0.25, 0.3) is 0 Å². The molecule has 0 amide bonds. The van der Waals surface area contributed by atoms with Crippen molar-refractivity contribution in [2.24, 2.45) is 0 Å². The quantitative estimate of drug-likeness (QED) is 0.730. The van der Waals surface area contributed by atoms with Gasteiger partial charge in [-0.25, -0.2) is 4.39 Å². The van der Waals surface area contributed by atoms with Crippen LogP contribution in [0.4, 0.5) is 4.39 Å². The van der Waals surface area contributed by atoms with Gasteiger partial charge in [0.15, 0.2) is 0 Å². The second kappa shape index (κ2) is 5.11. The molecule has 0 saturated heterocycles. The second-order valence-electron chi connectivity index (χ2n) is 3.06. The highest BCUT2D eigenvalue weighted by Gasteiger charge is 2.04. The summed E-state index contributed by atoms with van der Waals surface area (Å²) in [7, 11) is 0. The van der Waals surface area contributed by atoms with Gasteiger partial charge in [0.1, 0.15) is 5.82 Å². The first kappa shape index (κ1) is 11.2. The topological polar surface area (TPSA) is 0 Å². The van der Waals surface area contributed by atoms with E-state index in [9.17, 15) is 4.39 Å². The Balaban J connectivity index is 2.67. The Morgan fingerprint density at radius 1 is 1.46 bits per heavy atom. The minimum atomic E-state index is -0.123. The summed E-state index contributed by atoms with van der Waals surface area (Å²) in [4.78, 5) is 0.440. The number of aryl methyl sites for hydroxylation is 1. The van der Waals surface area contributed by atoms with Crippen LogP contribution in [0.1, 0.15) is 18.9 Å². The van der Waals surface area contributed by atoms with Crippen LogP contribution in [0.3, 0.4) is 0 Å². The molecule has 0 nitrogen and oxygen atoms in total. The molecule has 3 heteroatoms. The molecule has 0 aliphatic heterocycles. The summed E-state index contributed by atoms with van der Waals surface area (Å²) in [6.07, 6.45) is 1.74. The maximum atomic E-state index is 13.3. The van der Waals surface area contributed by atoms with Gasteiger partial charge in [-0.2, -0.15) is 0 Å². The van der Waals surface area contributed by atoms with E-state index < -0.39 is 0 Å². The number of rotatable bonds is 3. The molecule has 0 bridgehead atoms. The molecule has 0 spiro atoms. The first-order chi connectivity index (χ1) is 6.09. The minimum absolute atomic E-state index is 0.123. The molecule has 0 fully saturated rings. The molecule has 13 heavy (non-hydrogen) atoms. The van der Waals surface area contributed by atoms with Gasteiger partial charge in [-0.05, 0) is 30.5 Å². The smallest absolute Gasteiger partial charge is 0.127 e. The van der Waals surface area contributed by atoms with Crippen LogP contribution < -0.4 is 0 Å². The summed E-state index contributed by atoms with van der Waals surface area (Å²) in [6, 6.07) is 5.21. The van der Waals surface area contributed by atoms with Gasteiger partial charge in [-0.15, -0.1) is 0 Å². The number of alkyl halides is 1. The third kappa shape index (κ3) is 3.77. The molecule has 0 N–H and O–H groups in total. The lowest BCUT2D eigenvalue weighted by Gasteiger charge is -2.04. The molecule has 0 radical (unpaired) electrons. The fourth-order valence-electron chi connectivity index (χ4n) is 1.08. The lowest BCUT2D eigenvalue weighted by molar-refractivity contribution is 0.603. The maximum absolute atomic E-state index is 13.3. The van der Waals surface area contributed by atoms with Gasteiger partial charge in [0.2, 0.25) is 0 Å². The third-order valence-electron chi connectivity index (χ3n) is 1.83. The maximum Gasteiger partial charge on any atom is 0.127 e. The van der Waals surface area contributed by atoms with Crippen LogP contribution in [-0.2, 0) is 6.42 Å². The van der Waals surface area contributed by atoms with Crippen molar-refractivity contribution in [2.75, 3.05) is 0 Å². The number of hydrogen-bond donors (Lipinski definition) is 0. The molecule has 0 aliphatic carbocycles. The van der Waals surface area contributed by atoms with Crippen molar-refractivity contribution in [1.29, 1.82) is 0 Å². The molecule has 1 unspecified atom stereocenters. The average Bonchev–Trinajstić information content (AvgIpc) is 2.02. The summed E-state index contributed by atoms with van der Waals surface area (Å²) < 4.78 is 14.0. The Morgan fingerprint density at radius 3 is 2.69 bits per heavy atom. The zero-order chi connectivity index (χ0) is 9.84. The van der Waals surface area contributed by atoms with E-state index in [2.05, 4.69) is 38.8 Å². The SMILES string of the molecule is CC(Br)CCc1ccc(Br)cc1F. The highest BCUT2D eigenvalue weighted by molar-refractivity contribution is 9.10. The zero-order valence-corrected chi connectivity index (χ0v) is 10.5. The fraction of sp³-hybridized carbons (Fsp3) is 0.400. The zero-order valence-electron chi connectivity index (χ0n) is 7.36. The Morgan fingerprint density at radius 2 is 2.15 bits per heavy atom. The monoisotopic (exact) mass is 308 g/mol. The van der Waals surface area contributed by atoms with Crippen LogP contribution >= 0.6 is 31.9 Å². The summed E-state index contributed by atoms with van der Waals surface area (Å²) in [5.41, 5.74) is 0.787. The van der Waals surface area contributed by atoms with Crippen LogP contribution in [-0.4, -0.2) is 4.83 Å². The van der Waals surface area contributed by atoms with E-state index in [-0.39, 0.29) is 5.82 Å². The molecule has 72 valence electrons. The molecule has 0 heterocycles. The van der Waals surface area contributed by atoms with Crippen molar-refractivity contribution in [2.45, 2.75) is 24.6 Å². The van der Waals surface area contributed by atoms with Crippen LogP contribution in [0.2, 0.25) is 0 Å². The van der Waals surface area contributed by atoms with Crippen molar-refractivity contribution in [3.63, 3.8) is 0 Å². The molecular formula is C10H11Br2F. The van der Waals surface area contributed by atoms with Crippen LogP contribution in [0.5, 0.6) is 0 Å². The van der Waals surface area contributed by atoms with E-state index in [0.29, 0.717) is 4.83 Å². The third-order valence-corrected chi connectivity index (χ3v) is 2.78. The first-order valence-corrected chi connectivity index (χ1v) is 5.88. The fourth-order valence-corrected chi connectivity index (χ4v) is 1.64. The largest absolute Gasteiger partial charge is 0.207 e. The highest BCUT2D eigenvalue weighted by Crippen LogP contribution is 2.18. The molecule has 0 aliphatic rings. The van der Waals surface area contributed by atoms with Gasteiger partial charge in [-0.3, -0.25) is 0 Å². The second-order valence-corrected chi connectivity index (χ2v) is 5.53. The van der Waals surface area contributed by atoms with Crippen molar-refractivity contribution in [3.05, 3.63) is 34.1 Å². The lowest BCUT2D eigenvalue weighted by Crippen LogP contribution is -1.96. The molecule has 0 aromatic heterocycles. The van der Waals surface area contributed by atoms with Gasteiger partial charge in [0.25, 0.3) is 0 Å². The van der Waals surface area contributed by atoms with E-state index in [0.717, 1.165) is 22.9 Å². The summed E-state index contributed by atoms with van der Waals surface area (Å²) in [5.74, 6) is -0.123. The van der Waals surface area contributed by atoms with E-state index in [4.69, 9.17) is 0 Å². The van der Waals surface area contributed by atoms with Crippen LogP contribution in [0, 0.1) is 5.82 Å². The molecule has 1 rings (SSSR count). The van der Waals surface area contributed by atoms with Crippen LogP contribution in [0.15, 0.2) is 22.7 Å². The Hall–Kier alpha value is 0.110. The van der Waals surface area contributed by atoms with Crippen molar-refractivity contribution < 1.29 is 4.39 Å². The van der Waals surface area contributed by atoms with E-state index >= 15 is 0 Å². The number of benzene rings is 1. The Bertz CT molecular complexity index is 284. The van der Waals surface area contributed by atoms with E-state index in [1.807, 2.05) is 12.1 Å². The molecular weight excluding hydrogens is 299 g/mol. The van der Waals surface area contributed by atoms with Gasteiger partial charge in [-0.1, -0.05) is 44.8 Å². The highest BCUT2D eigenvalue weighted by atomic mass is 79.9. The first-order valence-electron chi connectivity index (χ1n) is 4.17. The van der Waals surface area contributed by atoms with Crippen molar-refractivity contribution >= 4 is 31.9 Å². The summed E-state index contributed by atoms with van der Waals surface area (Å²) >= 11 is 6.67. The Labute approximate surface area is 94.8 Å². The van der Waals surface area contributed by atoms with Crippen molar-refractivity contribution in [3.8, 4) is 0 Å². The standard InChI is InChI=1S/C10H11Br2F/c1-7(11)2-3-8-4-5-9(12)6-10(8)13/h4-7H,2-3H2,1H3. The van der Waals surface area contributed by atoms with Gasteiger partial charge < -0.3 is 0 Å². The lowest BCUT2D eigenvalue weighted by atomic mass is 10.1. The van der Waals surface area contributed by atoms with Gasteiger partial charge in [0.05, 0.1) is 0 Å². The summed E-state index contributed by atoms with van der Waals surface area (Å²) in [5, 5.41) is 0. The predicted molar refractivity (Wildman–Crippen MR) is 60.8 cm³/mol. The van der Waals surface area contributed by atoms with Gasteiger partial charge in [0, 0.05) is 9.30 Å². The Kier molecular flexibility index (Phi) is 4.39. The number of halogens is 3. The van der Waals surface area contributed by atoms with Gasteiger partial charge >= 0.3 is 0 Å². The summed E-state index contributed by atoms with van der Waals surface area (Å²) in [6.45, 7) is 2.07.